The highest BCUT2D eigenvalue weighted by Crippen LogP contribution is 2.51. The number of piperidine rings is 1. The Balaban J connectivity index is 1.35. The fourth-order valence-corrected chi connectivity index (χ4v) is 6.04. The van der Waals surface area contributed by atoms with Gasteiger partial charge < -0.3 is 20.7 Å². The SMILES string of the molecule is CNC(=O)C#Cc1ccc2c(c1)[C@@H](N)C1(CCN(c3cc(=O)n(-c4ccc(F)c(OC)c4Cl)c(C)n3)CC1)C2. The number of rotatable bonds is 3. The van der Waals surface area contributed by atoms with E-state index in [2.05, 4.69) is 28.1 Å². The van der Waals surface area contributed by atoms with Crippen LogP contribution in [0.15, 0.2) is 41.2 Å². The number of halogens is 2. The van der Waals surface area contributed by atoms with Crippen molar-refractivity contribution in [3.05, 3.63) is 80.1 Å². The van der Waals surface area contributed by atoms with Crippen LogP contribution in [0.2, 0.25) is 5.02 Å². The summed E-state index contributed by atoms with van der Waals surface area (Å²) in [7, 11) is 2.87. The second-order valence-electron chi connectivity index (χ2n) is 10.00. The largest absolute Gasteiger partial charge is 0.492 e. The number of hydrogen-bond acceptors (Lipinski definition) is 6. The molecule has 0 saturated carbocycles. The number of carbonyl (C=O) groups excluding carboxylic acids is 1. The number of benzene rings is 2. The number of aromatic nitrogens is 2. The van der Waals surface area contributed by atoms with Crippen LogP contribution in [0.1, 0.15) is 41.4 Å². The number of aryl methyl sites for hydroxylation is 1. The normalized spacial score (nSPS) is 17.4. The van der Waals surface area contributed by atoms with Gasteiger partial charge in [-0.25, -0.2) is 9.37 Å². The molecule has 39 heavy (non-hydrogen) atoms. The minimum Gasteiger partial charge on any atom is -0.492 e. The number of amides is 1. The van der Waals surface area contributed by atoms with Crippen molar-refractivity contribution in [2.75, 3.05) is 32.1 Å². The van der Waals surface area contributed by atoms with Crippen LogP contribution in [-0.2, 0) is 11.2 Å². The van der Waals surface area contributed by atoms with Gasteiger partial charge in [0.25, 0.3) is 11.5 Å². The highest BCUT2D eigenvalue weighted by molar-refractivity contribution is 6.33. The van der Waals surface area contributed by atoms with E-state index in [0.717, 1.165) is 30.4 Å². The van der Waals surface area contributed by atoms with Crippen molar-refractivity contribution < 1.29 is 13.9 Å². The van der Waals surface area contributed by atoms with E-state index in [4.69, 9.17) is 27.1 Å². The van der Waals surface area contributed by atoms with Gasteiger partial charge in [-0.2, -0.15) is 0 Å². The predicted octanol–water partition coefficient (Wildman–Crippen LogP) is 3.28. The van der Waals surface area contributed by atoms with E-state index in [1.807, 2.05) is 12.1 Å². The Labute approximate surface area is 230 Å². The zero-order valence-electron chi connectivity index (χ0n) is 22.0. The molecule has 1 aliphatic carbocycles. The first-order chi connectivity index (χ1) is 18.7. The first-order valence-corrected chi connectivity index (χ1v) is 13.1. The number of nitrogens with one attached hydrogen (secondary N) is 1. The van der Waals surface area contributed by atoms with E-state index >= 15 is 0 Å². The Hall–Kier alpha value is -3.87. The first-order valence-electron chi connectivity index (χ1n) is 12.7. The molecule has 8 nitrogen and oxygen atoms in total. The number of anilines is 1. The Kier molecular flexibility index (Phi) is 7.10. The van der Waals surface area contributed by atoms with Crippen LogP contribution >= 0.6 is 11.6 Å². The number of carbonyl (C=O) groups is 1. The summed E-state index contributed by atoms with van der Waals surface area (Å²) in [6.07, 6.45) is 2.55. The highest BCUT2D eigenvalue weighted by Gasteiger charge is 2.46. The van der Waals surface area contributed by atoms with Crippen molar-refractivity contribution in [3.8, 4) is 23.3 Å². The maximum atomic E-state index is 14.0. The minimum absolute atomic E-state index is 0.00900. The molecule has 202 valence electrons. The van der Waals surface area contributed by atoms with Crippen LogP contribution < -0.4 is 26.2 Å². The fraction of sp³-hybridized carbons (Fsp3) is 0.345. The van der Waals surface area contributed by atoms with E-state index in [9.17, 15) is 14.0 Å². The summed E-state index contributed by atoms with van der Waals surface area (Å²) in [5.74, 6) is 5.44. The van der Waals surface area contributed by atoms with Crippen molar-refractivity contribution >= 4 is 23.3 Å². The van der Waals surface area contributed by atoms with Crippen molar-refractivity contribution in [1.82, 2.24) is 14.9 Å². The number of ether oxygens (including phenoxy) is 1. The summed E-state index contributed by atoms with van der Waals surface area (Å²) in [6, 6.07) is 9.98. The number of methoxy groups -OCH3 is 1. The molecule has 1 fully saturated rings. The molecule has 1 aromatic heterocycles. The number of fused-ring (bicyclic) bond motifs is 1. The molecule has 0 radical (unpaired) electrons. The maximum absolute atomic E-state index is 14.0. The van der Waals surface area contributed by atoms with Gasteiger partial charge in [-0.3, -0.25) is 14.2 Å². The molecule has 1 amide bonds. The molecule has 1 saturated heterocycles. The first kappa shape index (κ1) is 26.7. The third-order valence-electron chi connectivity index (χ3n) is 7.86. The molecule has 1 aliphatic heterocycles. The molecule has 2 heterocycles. The topological polar surface area (TPSA) is 102 Å². The van der Waals surface area contributed by atoms with Crippen LogP contribution in [0.5, 0.6) is 5.75 Å². The Morgan fingerprint density at radius 3 is 2.67 bits per heavy atom. The van der Waals surface area contributed by atoms with E-state index < -0.39 is 5.82 Å². The molecule has 2 aliphatic rings. The molecule has 3 aromatic rings. The van der Waals surface area contributed by atoms with Gasteiger partial charge in [0.15, 0.2) is 11.6 Å². The lowest BCUT2D eigenvalue weighted by molar-refractivity contribution is -0.115. The summed E-state index contributed by atoms with van der Waals surface area (Å²) in [4.78, 5) is 31.5. The second-order valence-corrected chi connectivity index (χ2v) is 10.4. The lowest BCUT2D eigenvalue weighted by Crippen LogP contribution is -2.45. The lowest BCUT2D eigenvalue weighted by Gasteiger charge is -2.42. The summed E-state index contributed by atoms with van der Waals surface area (Å²) in [5, 5.41) is 2.50. The van der Waals surface area contributed by atoms with E-state index in [1.54, 1.807) is 14.0 Å². The fourth-order valence-electron chi connectivity index (χ4n) is 5.72. The van der Waals surface area contributed by atoms with Gasteiger partial charge in [0.05, 0.1) is 12.8 Å². The Morgan fingerprint density at radius 1 is 1.26 bits per heavy atom. The molecular formula is C29H29ClFN5O3. The molecule has 0 bridgehead atoms. The molecule has 3 N–H and O–H groups in total. The molecule has 10 heteroatoms. The number of nitrogens with two attached hydrogens (primary N) is 1. The van der Waals surface area contributed by atoms with Crippen molar-refractivity contribution in [2.45, 2.75) is 32.2 Å². The predicted molar refractivity (Wildman–Crippen MR) is 148 cm³/mol. The molecule has 0 unspecified atom stereocenters. The molecule has 2 aromatic carbocycles. The van der Waals surface area contributed by atoms with Gasteiger partial charge in [0.1, 0.15) is 16.7 Å². The lowest BCUT2D eigenvalue weighted by atomic mass is 9.73. The van der Waals surface area contributed by atoms with Gasteiger partial charge in [-0.15, -0.1) is 0 Å². The maximum Gasteiger partial charge on any atom is 0.295 e. The minimum atomic E-state index is -0.607. The quantitative estimate of drug-likeness (QED) is 0.486. The van der Waals surface area contributed by atoms with Crippen LogP contribution in [0.4, 0.5) is 10.2 Å². The standard InChI is InChI=1S/C29H29ClFN5O3/c1-17-34-23(15-25(38)36(17)22-8-7-21(31)27(39-3)26(22)30)35-12-10-29(11-13-35)16-19-6-4-18(5-9-24(37)33-2)14-20(19)28(29)32/h4,6-8,14-15,28H,10-13,16,32H2,1-3H3,(H,33,37)/t28-/m1/s1. The summed E-state index contributed by atoms with van der Waals surface area (Å²) in [5.41, 5.74) is 9.77. The average molecular weight is 550 g/mol. The highest BCUT2D eigenvalue weighted by atomic mass is 35.5. The van der Waals surface area contributed by atoms with Crippen LogP contribution in [-0.4, -0.2) is 42.7 Å². The average Bonchev–Trinajstić information content (AvgIpc) is 3.19. The molecule has 1 spiro atoms. The van der Waals surface area contributed by atoms with E-state index in [0.29, 0.717) is 30.4 Å². The monoisotopic (exact) mass is 549 g/mol. The van der Waals surface area contributed by atoms with E-state index in [-0.39, 0.29) is 33.7 Å². The van der Waals surface area contributed by atoms with Gasteiger partial charge in [0, 0.05) is 43.7 Å². The smallest absolute Gasteiger partial charge is 0.295 e. The summed E-state index contributed by atoms with van der Waals surface area (Å²) in [6.45, 7) is 3.12. The zero-order valence-corrected chi connectivity index (χ0v) is 22.7. The summed E-state index contributed by atoms with van der Waals surface area (Å²) >= 11 is 6.35. The van der Waals surface area contributed by atoms with Gasteiger partial charge in [0.2, 0.25) is 0 Å². The number of hydrogen-bond donors (Lipinski definition) is 2. The molecular weight excluding hydrogens is 521 g/mol. The van der Waals surface area contributed by atoms with E-state index in [1.165, 1.54) is 35.4 Å². The zero-order chi connectivity index (χ0) is 27.9. The molecule has 1 atom stereocenters. The van der Waals surface area contributed by atoms with Crippen molar-refractivity contribution in [3.63, 3.8) is 0 Å². The van der Waals surface area contributed by atoms with Crippen molar-refractivity contribution in [1.29, 1.82) is 0 Å². The van der Waals surface area contributed by atoms with Gasteiger partial charge >= 0.3 is 0 Å². The molecule has 5 rings (SSSR count). The Bertz CT molecular complexity index is 1580. The van der Waals surface area contributed by atoms with Crippen LogP contribution in [0, 0.1) is 30.0 Å². The number of nitrogens with zero attached hydrogens (tertiary/aromatic N) is 3. The van der Waals surface area contributed by atoms with Gasteiger partial charge in [-0.05, 0) is 67.0 Å². The Morgan fingerprint density at radius 2 is 2.00 bits per heavy atom. The third-order valence-corrected chi connectivity index (χ3v) is 8.23. The second kappa shape index (κ2) is 10.4. The third kappa shape index (κ3) is 4.75. The van der Waals surface area contributed by atoms with Crippen LogP contribution in [0.3, 0.4) is 0 Å². The van der Waals surface area contributed by atoms with Gasteiger partial charge in [-0.1, -0.05) is 23.6 Å². The van der Waals surface area contributed by atoms with Crippen molar-refractivity contribution in [2.24, 2.45) is 11.1 Å². The van der Waals surface area contributed by atoms with Crippen LogP contribution in [0.25, 0.3) is 5.69 Å². The summed E-state index contributed by atoms with van der Waals surface area (Å²) < 4.78 is 20.5.